The number of hydrogen-bond acceptors (Lipinski definition) is 3. The molecule has 0 bridgehead atoms. The summed E-state index contributed by atoms with van der Waals surface area (Å²) in [5.74, 6) is -0.198. The van der Waals surface area contributed by atoms with E-state index in [1.165, 1.54) is 0 Å². The van der Waals surface area contributed by atoms with Crippen LogP contribution in [-0.4, -0.2) is 17.7 Å². The van der Waals surface area contributed by atoms with Crippen molar-refractivity contribution in [3.8, 4) is 5.75 Å². The number of para-hydroxylation sites is 1. The van der Waals surface area contributed by atoms with Crippen LogP contribution in [0.1, 0.15) is 11.7 Å². The molecule has 1 aromatic carbocycles. The molecule has 1 atom stereocenters. The maximum Gasteiger partial charge on any atom is 0.333 e. The summed E-state index contributed by atoms with van der Waals surface area (Å²) in [4.78, 5) is 10.9. The Hall–Kier alpha value is -2.07. The largest absolute Gasteiger partial charge is 0.478 e. The molecule has 2 aliphatic heterocycles. The van der Waals surface area contributed by atoms with Gasteiger partial charge in [-0.3, -0.25) is 0 Å². The smallest absolute Gasteiger partial charge is 0.333 e. The van der Waals surface area contributed by atoms with E-state index in [2.05, 4.69) is 0 Å². The molecule has 3 rings (SSSR count). The lowest BCUT2D eigenvalue weighted by Gasteiger charge is -2.28. The van der Waals surface area contributed by atoms with Crippen LogP contribution in [0.15, 0.2) is 47.7 Å². The van der Waals surface area contributed by atoms with Crippen LogP contribution < -0.4 is 4.74 Å². The standard InChI is InChI=1S/C13H10O4/c14-13(15)9-5-8-6-16-11-4-2-1-3-10(11)12(8)17-7-9/h1-6,12H,7H2,(H,14,15). The van der Waals surface area contributed by atoms with Gasteiger partial charge >= 0.3 is 5.97 Å². The zero-order chi connectivity index (χ0) is 11.8. The van der Waals surface area contributed by atoms with Gasteiger partial charge in [-0.25, -0.2) is 4.79 Å². The highest BCUT2D eigenvalue weighted by Gasteiger charge is 2.29. The van der Waals surface area contributed by atoms with E-state index in [4.69, 9.17) is 14.6 Å². The minimum Gasteiger partial charge on any atom is -0.478 e. The Labute approximate surface area is 97.8 Å². The molecule has 86 valence electrons. The number of carboxylic acids is 1. The van der Waals surface area contributed by atoms with Gasteiger partial charge in [0.05, 0.1) is 18.4 Å². The van der Waals surface area contributed by atoms with Gasteiger partial charge < -0.3 is 14.6 Å². The third-order valence-electron chi connectivity index (χ3n) is 2.85. The molecule has 0 aromatic heterocycles. The number of fused-ring (bicyclic) bond motifs is 3. The van der Waals surface area contributed by atoms with Crippen LogP contribution in [0.25, 0.3) is 0 Å². The van der Waals surface area contributed by atoms with E-state index in [1.807, 2.05) is 24.3 Å². The minimum absolute atomic E-state index is 0.117. The van der Waals surface area contributed by atoms with E-state index in [0.29, 0.717) is 0 Å². The van der Waals surface area contributed by atoms with Crippen LogP contribution in [0.5, 0.6) is 5.75 Å². The van der Waals surface area contributed by atoms with Crippen molar-refractivity contribution < 1.29 is 19.4 Å². The average Bonchev–Trinajstić information content (AvgIpc) is 2.38. The van der Waals surface area contributed by atoms with Gasteiger partial charge in [0.25, 0.3) is 0 Å². The SMILES string of the molecule is O=C(O)C1=CC2=COc3ccccc3C2OC1. The van der Waals surface area contributed by atoms with Gasteiger partial charge in [-0.2, -0.15) is 0 Å². The highest BCUT2D eigenvalue weighted by atomic mass is 16.5. The summed E-state index contributed by atoms with van der Waals surface area (Å²) in [5, 5.41) is 8.91. The molecule has 1 unspecified atom stereocenters. The molecule has 2 aliphatic rings. The maximum absolute atomic E-state index is 10.9. The predicted octanol–water partition coefficient (Wildman–Crippen LogP) is 2.05. The number of ether oxygens (including phenoxy) is 2. The molecule has 0 amide bonds. The Kier molecular flexibility index (Phi) is 2.23. The van der Waals surface area contributed by atoms with E-state index in [-0.39, 0.29) is 18.3 Å². The van der Waals surface area contributed by atoms with Crippen LogP contribution >= 0.6 is 0 Å². The quantitative estimate of drug-likeness (QED) is 0.802. The summed E-state index contributed by atoms with van der Waals surface area (Å²) < 4.78 is 11.0. The third-order valence-corrected chi connectivity index (χ3v) is 2.85. The summed E-state index contributed by atoms with van der Waals surface area (Å²) in [6.45, 7) is 0.117. The highest BCUT2D eigenvalue weighted by molar-refractivity contribution is 5.88. The molecule has 0 saturated heterocycles. The van der Waals surface area contributed by atoms with Crippen molar-refractivity contribution in [3.63, 3.8) is 0 Å². The molecule has 2 heterocycles. The lowest BCUT2D eigenvalue weighted by atomic mass is 9.96. The molecular weight excluding hydrogens is 220 g/mol. The van der Waals surface area contributed by atoms with Gasteiger partial charge in [-0.15, -0.1) is 0 Å². The lowest BCUT2D eigenvalue weighted by molar-refractivity contribution is -0.133. The summed E-state index contributed by atoms with van der Waals surface area (Å²) in [6, 6.07) is 7.58. The molecule has 4 heteroatoms. The van der Waals surface area contributed by atoms with Crippen molar-refractivity contribution >= 4 is 5.97 Å². The number of aliphatic carboxylic acids is 1. The highest BCUT2D eigenvalue weighted by Crippen LogP contribution is 2.39. The van der Waals surface area contributed by atoms with Crippen LogP contribution in [0.3, 0.4) is 0 Å². The summed E-state index contributed by atoms with van der Waals surface area (Å²) >= 11 is 0. The number of carboxylic acid groups (broad SMARTS) is 1. The normalized spacial score (nSPS) is 21.5. The van der Waals surface area contributed by atoms with Crippen molar-refractivity contribution in [2.45, 2.75) is 6.10 Å². The van der Waals surface area contributed by atoms with Crippen LogP contribution in [0.4, 0.5) is 0 Å². The topological polar surface area (TPSA) is 55.8 Å². The first-order valence-corrected chi connectivity index (χ1v) is 5.27. The molecule has 0 saturated carbocycles. The first-order chi connectivity index (χ1) is 8.25. The lowest BCUT2D eigenvalue weighted by Crippen LogP contribution is -2.21. The van der Waals surface area contributed by atoms with Crippen LogP contribution in [0.2, 0.25) is 0 Å². The van der Waals surface area contributed by atoms with Crippen molar-refractivity contribution in [1.82, 2.24) is 0 Å². The second-order valence-corrected chi connectivity index (χ2v) is 3.94. The Morgan fingerprint density at radius 2 is 2.18 bits per heavy atom. The molecule has 0 fully saturated rings. The monoisotopic (exact) mass is 230 g/mol. The van der Waals surface area contributed by atoms with Gasteiger partial charge in [-0.1, -0.05) is 18.2 Å². The summed E-state index contributed by atoms with van der Waals surface area (Å²) in [5.41, 5.74) is 1.92. The second kappa shape index (κ2) is 3.75. The van der Waals surface area contributed by atoms with Crippen molar-refractivity contribution in [1.29, 1.82) is 0 Å². The minimum atomic E-state index is -0.955. The average molecular weight is 230 g/mol. The molecule has 4 nitrogen and oxygen atoms in total. The molecular formula is C13H10O4. The van der Waals surface area contributed by atoms with E-state index in [0.717, 1.165) is 16.9 Å². The number of hydrogen-bond donors (Lipinski definition) is 1. The van der Waals surface area contributed by atoms with Crippen LogP contribution in [0, 0.1) is 0 Å². The van der Waals surface area contributed by atoms with E-state index in [9.17, 15) is 4.79 Å². The molecule has 0 spiro atoms. The first kappa shape index (κ1) is 10.1. The Morgan fingerprint density at radius 1 is 1.35 bits per heavy atom. The predicted molar refractivity (Wildman–Crippen MR) is 59.6 cm³/mol. The Bertz CT molecular complexity index is 542. The Morgan fingerprint density at radius 3 is 3.00 bits per heavy atom. The number of carbonyl (C=O) groups is 1. The summed E-state index contributed by atoms with van der Waals surface area (Å²) in [7, 11) is 0. The summed E-state index contributed by atoms with van der Waals surface area (Å²) in [6.07, 6.45) is 2.95. The van der Waals surface area contributed by atoms with E-state index in [1.54, 1.807) is 12.3 Å². The molecule has 0 radical (unpaired) electrons. The molecule has 17 heavy (non-hydrogen) atoms. The van der Waals surface area contributed by atoms with Crippen molar-refractivity contribution in [2.24, 2.45) is 0 Å². The fourth-order valence-corrected chi connectivity index (χ4v) is 2.01. The van der Waals surface area contributed by atoms with Gasteiger partial charge in [0.2, 0.25) is 0 Å². The van der Waals surface area contributed by atoms with Crippen LogP contribution in [-0.2, 0) is 9.53 Å². The van der Waals surface area contributed by atoms with E-state index >= 15 is 0 Å². The van der Waals surface area contributed by atoms with Gasteiger partial charge in [0.1, 0.15) is 11.9 Å². The van der Waals surface area contributed by atoms with Gasteiger partial charge in [0.15, 0.2) is 0 Å². The third kappa shape index (κ3) is 1.62. The van der Waals surface area contributed by atoms with Gasteiger partial charge in [-0.05, 0) is 12.1 Å². The van der Waals surface area contributed by atoms with Gasteiger partial charge in [0, 0.05) is 11.1 Å². The second-order valence-electron chi connectivity index (χ2n) is 3.94. The van der Waals surface area contributed by atoms with Crippen molar-refractivity contribution in [3.05, 3.63) is 53.3 Å². The first-order valence-electron chi connectivity index (χ1n) is 5.27. The molecule has 1 aromatic rings. The fourth-order valence-electron chi connectivity index (χ4n) is 2.01. The Balaban J connectivity index is 2.02. The number of benzene rings is 1. The molecule has 0 aliphatic carbocycles. The van der Waals surface area contributed by atoms with Crippen molar-refractivity contribution in [2.75, 3.05) is 6.61 Å². The zero-order valence-electron chi connectivity index (χ0n) is 8.92. The molecule has 1 N–H and O–H groups in total. The maximum atomic E-state index is 10.9. The number of rotatable bonds is 1. The fraction of sp³-hybridized carbons (Fsp3) is 0.154. The van der Waals surface area contributed by atoms with E-state index < -0.39 is 5.97 Å². The zero-order valence-corrected chi connectivity index (χ0v) is 8.92.